The fraction of sp³-hybridized carbons (Fsp3) is 0.471. The van der Waals surface area contributed by atoms with Crippen molar-refractivity contribution in [3.05, 3.63) is 40.4 Å². The minimum atomic E-state index is 0.00571. The van der Waals surface area contributed by atoms with Gasteiger partial charge in [0.15, 0.2) is 0 Å². The molecule has 6 heteroatoms. The van der Waals surface area contributed by atoms with Gasteiger partial charge in [0.25, 0.3) is 0 Å². The third kappa shape index (κ3) is 3.95. The molecule has 0 radical (unpaired) electrons. The fourth-order valence-electron chi connectivity index (χ4n) is 2.94. The summed E-state index contributed by atoms with van der Waals surface area (Å²) in [6.45, 7) is 2.78. The lowest BCUT2D eigenvalue weighted by Gasteiger charge is -2.23. The van der Waals surface area contributed by atoms with E-state index in [2.05, 4.69) is 51.7 Å². The summed E-state index contributed by atoms with van der Waals surface area (Å²) < 4.78 is 0. The number of aromatic nitrogens is 2. The number of anilines is 1. The maximum Gasteiger partial charge on any atom is 0.227 e. The zero-order valence-electron chi connectivity index (χ0n) is 13.6. The van der Waals surface area contributed by atoms with Gasteiger partial charge in [0, 0.05) is 19.0 Å². The second-order valence-electron chi connectivity index (χ2n) is 5.96. The number of aryl methyl sites for hydroxylation is 1. The molecule has 0 spiro atoms. The summed E-state index contributed by atoms with van der Waals surface area (Å²) in [6, 6.07) is 9.10. The van der Waals surface area contributed by atoms with Crippen LogP contribution in [0.15, 0.2) is 24.3 Å². The molecule has 1 amide bonds. The van der Waals surface area contributed by atoms with E-state index in [0.29, 0.717) is 17.6 Å². The van der Waals surface area contributed by atoms with Crippen LogP contribution in [0, 0.1) is 0 Å². The highest BCUT2D eigenvalue weighted by Gasteiger charge is 2.24. The molecule has 0 aliphatic heterocycles. The molecule has 23 heavy (non-hydrogen) atoms. The Hall–Kier alpha value is -1.79. The molecule has 2 aromatic rings. The van der Waals surface area contributed by atoms with Gasteiger partial charge in [-0.1, -0.05) is 42.5 Å². The predicted molar refractivity (Wildman–Crippen MR) is 92.8 cm³/mol. The molecule has 1 aromatic carbocycles. The van der Waals surface area contributed by atoms with Crippen LogP contribution in [0.1, 0.15) is 29.5 Å². The summed E-state index contributed by atoms with van der Waals surface area (Å²) in [6.07, 6.45) is 3.47. The van der Waals surface area contributed by atoms with Crippen molar-refractivity contribution in [2.45, 2.75) is 38.6 Å². The van der Waals surface area contributed by atoms with Crippen molar-refractivity contribution in [3.63, 3.8) is 0 Å². The van der Waals surface area contributed by atoms with Crippen molar-refractivity contribution in [2.24, 2.45) is 0 Å². The van der Waals surface area contributed by atoms with Gasteiger partial charge in [-0.25, -0.2) is 0 Å². The Bertz CT molecular complexity index is 660. The second-order valence-corrected chi connectivity index (χ2v) is 7.03. The number of carbonyl (C=O) groups is 1. The zero-order chi connectivity index (χ0) is 16.2. The molecule has 0 unspecified atom stereocenters. The van der Waals surface area contributed by atoms with Crippen molar-refractivity contribution in [1.29, 1.82) is 0 Å². The molecular weight excluding hydrogens is 308 g/mol. The summed E-state index contributed by atoms with van der Waals surface area (Å²) in [7, 11) is 2.10. The summed E-state index contributed by atoms with van der Waals surface area (Å²) in [5.41, 5.74) is 2.88. The highest BCUT2D eigenvalue weighted by atomic mass is 32.1. The van der Waals surface area contributed by atoms with E-state index in [1.165, 1.54) is 22.5 Å². The molecule has 0 atom stereocenters. The van der Waals surface area contributed by atoms with Crippen molar-refractivity contribution < 1.29 is 4.79 Å². The van der Waals surface area contributed by atoms with Gasteiger partial charge in [-0.15, -0.1) is 10.2 Å². The molecule has 0 saturated heterocycles. The highest BCUT2D eigenvalue weighted by molar-refractivity contribution is 7.15. The summed E-state index contributed by atoms with van der Waals surface area (Å²) in [5, 5.41) is 12.4. The van der Waals surface area contributed by atoms with Gasteiger partial charge in [-0.3, -0.25) is 4.79 Å². The van der Waals surface area contributed by atoms with Crippen molar-refractivity contribution in [1.82, 2.24) is 15.1 Å². The average Bonchev–Trinajstić information content (AvgIpc) is 3.18. The van der Waals surface area contributed by atoms with Gasteiger partial charge in [0.1, 0.15) is 5.01 Å². The predicted octanol–water partition coefficient (Wildman–Crippen LogP) is 2.53. The SMILES string of the molecule is CCc1nnc(NC(=O)CCN(C)C2Cc3ccccc3C2)s1. The van der Waals surface area contributed by atoms with Crippen LogP contribution in [0.4, 0.5) is 5.13 Å². The van der Waals surface area contributed by atoms with Gasteiger partial charge < -0.3 is 10.2 Å². The van der Waals surface area contributed by atoms with E-state index in [1.807, 2.05) is 6.92 Å². The maximum atomic E-state index is 12.0. The Morgan fingerprint density at radius 2 is 2.00 bits per heavy atom. The fourth-order valence-corrected chi connectivity index (χ4v) is 3.63. The van der Waals surface area contributed by atoms with Crippen LogP contribution in [-0.4, -0.2) is 40.6 Å². The number of carbonyl (C=O) groups excluding carboxylic acids is 1. The van der Waals surface area contributed by atoms with Crippen molar-refractivity contribution in [2.75, 3.05) is 18.9 Å². The first-order valence-electron chi connectivity index (χ1n) is 8.05. The molecule has 1 aliphatic carbocycles. The van der Waals surface area contributed by atoms with Crippen LogP contribution in [-0.2, 0) is 24.1 Å². The van der Waals surface area contributed by atoms with Gasteiger partial charge in [-0.2, -0.15) is 0 Å². The summed E-state index contributed by atoms with van der Waals surface area (Å²) in [5.74, 6) is 0.00571. The van der Waals surface area contributed by atoms with E-state index in [1.54, 1.807) is 0 Å². The van der Waals surface area contributed by atoms with Gasteiger partial charge in [-0.05, 0) is 37.4 Å². The number of benzene rings is 1. The molecule has 1 heterocycles. The van der Waals surface area contributed by atoms with Crippen LogP contribution in [0.2, 0.25) is 0 Å². The number of rotatable bonds is 6. The first-order valence-corrected chi connectivity index (χ1v) is 8.86. The standard InChI is InChI=1S/C17H22N4OS/c1-3-16-19-20-17(23-16)18-15(22)8-9-21(2)14-10-12-6-4-5-7-13(12)11-14/h4-7,14H,3,8-11H2,1-2H3,(H,18,20,22). The molecule has 5 nitrogen and oxygen atoms in total. The van der Waals surface area contributed by atoms with Crippen LogP contribution in [0.3, 0.4) is 0 Å². The summed E-state index contributed by atoms with van der Waals surface area (Å²) >= 11 is 1.44. The molecular formula is C17H22N4OS. The number of likely N-dealkylation sites (N-methyl/N-ethyl adjacent to an activating group) is 1. The van der Waals surface area contributed by atoms with Gasteiger partial charge >= 0.3 is 0 Å². The number of hydrogen-bond donors (Lipinski definition) is 1. The molecule has 1 N–H and O–H groups in total. The lowest BCUT2D eigenvalue weighted by Crippen LogP contribution is -2.34. The third-order valence-corrected chi connectivity index (χ3v) is 5.34. The Kier molecular flexibility index (Phi) is 5.03. The number of nitrogens with zero attached hydrogens (tertiary/aromatic N) is 3. The number of hydrogen-bond acceptors (Lipinski definition) is 5. The monoisotopic (exact) mass is 330 g/mol. The first kappa shape index (κ1) is 16.1. The molecule has 122 valence electrons. The van der Waals surface area contributed by atoms with Crippen LogP contribution >= 0.6 is 11.3 Å². The molecule has 0 fully saturated rings. The molecule has 0 bridgehead atoms. The van der Waals surface area contributed by atoms with E-state index >= 15 is 0 Å². The lowest BCUT2D eigenvalue weighted by molar-refractivity contribution is -0.116. The zero-order valence-corrected chi connectivity index (χ0v) is 14.4. The highest BCUT2D eigenvalue weighted by Crippen LogP contribution is 2.24. The molecule has 0 saturated carbocycles. The van der Waals surface area contributed by atoms with E-state index in [4.69, 9.17) is 0 Å². The molecule has 1 aromatic heterocycles. The number of amides is 1. The summed E-state index contributed by atoms with van der Waals surface area (Å²) in [4.78, 5) is 14.3. The van der Waals surface area contributed by atoms with Gasteiger partial charge in [0.2, 0.25) is 11.0 Å². The Labute approximate surface area is 140 Å². The van der Waals surface area contributed by atoms with Crippen LogP contribution < -0.4 is 5.32 Å². The molecule has 1 aliphatic rings. The number of fused-ring (bicyclic) bond motifs is 1. The van der Waals surface area contributed by atoms with E-state index in [9.17, 15) is 4.79 Å². The quantitative estimate of drug-likeness (QED) is 0.884. The third-order valence-electron chi connectivity index (χ3n) is 4.36. The van der Waals surface area contributed by atoms with Crippen LogP contribution in [0.25, 0.3) is 0 Å². The smallest absolute Gasteiger partial charge is 0.227 e. The molecule has 3 rings (SSSR count). The Morgan fingerprint density at radius 3 is 2.61 bits per heavy atom. The van der Waals surface area contributed by atoms with Crippen molar-refractivity contribution >= 4 is 22.4 Å². The second kappa shape index (κ2) is 7.19. The maximum absolute atomic E-state index is 12.0. The Morgan fingerprint density at radius 1 is 1.30 bits per heavy atom. The van der Waals surface area contributed by atoms with E-state index < -0.39 is 0 Å². The van der Waals surface area contributed by atoms with Crippen LogP contribution in [0.5, 0.6) is 0 Å². The number of nitrogens with one attached hydrogen (secondary N) is 1. The Balaban J connectivity index is 1.46. The topological polar surface area (TPSA) is 58.1 Å². The van der Waals surface area contributed by atoms with Crippen molar-refractivity contribution in [3.8, 4) is 0 Å². The van der Waals surface area contributed by atoms with E-state index in [0.717, 1.165) is 30.8 Å². The normalized spacial score (nSPS) is 14.2. The largest absolute Gasteiger partial charge is 0.302 e. The van der Waals surface area contributed by atoms with Gasteiger partial charge in [0.05, 0.1) is 0 Å². The lowest BCUT2D eigenvalue weighted by atomic mass is 10.1. The average molecular weight is 330 g/mol. The first-order chi connectivity index (χ1) is 11.2. The van der Waals surface area contributed by atoms with E-state index in [-0.39, 0.29) is 5.91 Å². The minimum Gasteiger partial charge on any atom is -0.302 e. The minimum absolute atomic E-state index is 0.00571.